The van der Waals surface area contributed by atoms with Crippen molar-refractivity contribution in [2.45, 2.75) is 38.0 Å². The second-order valence-corrected chi connectivity index (χ2v) is 10.2. The molecule has 0 radical (unpaired) electrons. The van der Waals surface area contributed by atoms with E-state index in [1.54, 1.807) is 16.8 Å². The van der Waals surface area contributed by atoms with E-state index in [2.05, 4.69) is 5.32 Å². The minimum Gasteiger partial charge on any atom is -0.337 e. The summed E-state index contributed by atoms with van der Waals surface area (Å²) in [5, 5.41) is 3.56. The van der Waals surface area contributed by atoms with Gasteiger partial charge in [0.15, 0.2) is 9.84 Å². The number of hydrogen-bond donors (Lipinski definition) is 1. The van der Waals surface area contributed by atoms with Crippen LogP contribution in [0.5, 0.6) is 0 Å². The number of amides is 1. The lowest BCUT2D eigenvalue weighted by molar-refractivity contribution is -0.116. The number of nitrogens with one attached hydrogen (secondary N) is 1. The Hall–Kier alpha value is -3.38. The van der Waals surface area contributed by atoms with Gasteiger partial charge >= 0.3 is 0 Å². The molecule has 1 amide bonds. The summed E-state index contributed by atoms with van der Waals surface area (Å²) in [6.45, 7) is 5.91. The normalized spacial score (nSPS) is 11.6. The third-order valence-corrected chi connectivity index (χ3v) is 7.21. The number of nitrogens with zero attached hydrogens (tertiary/aromatic N) is 1. The highest BCUT2D eigenvalue weighted by molar-refractivity contribution is 7.90. The molecular weight excluding hydrogens is 420 g/mol. The largest absolute Gasteiger partial charge is 0.337 e. The Kier molecular flexibility index (Phi) is 5.89. The van der Waals surface area contributed by atoms with Crippen molar-refractivity contribution in [3.63, 3.8) is 0 Å². The molecule has 0 unspecified atom stereocenters. The molecule has 0 aliphatic heterocycles. The van der Waals surface area contributed by atoms with Crippen molar-refractivity contribution in [2.24, 2.45) is 0 Å². The van der Waals surface area contributed by atoms with Crippen LogP contribution in [-0.2, 0) is 26.9 Å². The molecule has 0 atom stereocenters. The molecule has 0 aliphatic rings. The lowest BCUT2D eigenvalue weighted by Crippen LogP contribution is -2.19. The maximum atomic E-state index is 13.3. The number of hydrogen-bond acceptors (Lipinski definition) is 3. The zero-order chi connectivity index (χ0) is 22.9. The average molecular weight is 447 g/mol. The van der Waals surface area contributed by atoms with Crippen molar-refractivity contribution >= 4 is 32.3 Å². The topological polar surface area (TPSA) is 68.2 Å². The maximum Gasteiger partial charge on any atom is 0.244 e. The fraction of sp³-hybridized carbons (Fsp3) is 0.192. The van der Waals surface area contributed by atoms with Crippen molar-refractivity contribution < 1.29 is 13.2 Å². The summed E-state index contributed by atoms with van der Waals surface area (Å²) in [6.07, 6.45) is 1.58. The summed E-state index contributed by atoms with van der Waals surface area (Å²) < 4.78 is 28.3. The van der Waals surface area contributed by atoms with Crippen molar-refractivity contribution in [1.82, 2.24) is 4.57 Å². The van der Waals surface area contributed by atoms with E-state index in [-0.39, 0.29) is 23.1 Å². The molecule has 0 aliphatic carbocycles. The predicted octanol–water partition coefficient (Wildman–Crippen LogP) is 5.18. The smallest absolute Gasteiger partial charge is 0.244 e. The van der Waals surface area contributed by atoms with Gasteiger partial charge in [0.1, 0.15) is 6.54 Å². The van der Waals surface area contributed by atoms with Gasteiger partial charge in [0.2, 0.25) is 5.91 Å². The van der Waals surface area contributed by atoms with Crippen LogP contribution >= 0.6 is 0 Å². The van der Waals surface area contributed by atoms with Gasteiger partial charge in [-0.3, -0.25) is 4.79 Å². The monoisotopic (exact) mass is 446 g/mol. The van der Waals surface area contributed by atoms with Crippen LogP contribution in [0.1, 0.15) is 22.3 Å². The van der Waals surface area contributed by atoms with Crippen LogP contribution < -0.4 is 5.32 Å². The summed E-state index contributed by atoms with van der Waals surface area (Å²) in [7, 11) is -3.59. The molecule has 0 spiro atoms. The molecule has 4 rings (SSSR count). The van der Waals surface area contributed by atoms with Crippen LogP contribution in [-0.4, -0.2) is 18.9 Å². The molecule has 0 saturated carbocycles. The Labute approximate surface area is 188 Å². The van der Waals surface area contributed by atoms with Crippen molar-refractivity contribution in [3.05, 3.63) is 95.2 Å². The molecule has 32 heavy (non-hydrogen) atoms. The predicted molar refractivity (Wildman–Crippen MR) is 129 cm³/mol. The third-order valence-electron chi connectivity index (χ3n) is 5.50. The minimum atomic E-state index is -3.59. The summed E-state index contributed by atoms with van der Waals surface area (Å²) in [5.41, 5.74) is 5.34. The number of fused-ring (bicyclic) bond motifs is 1. The first-order valence-corrected chi connectivity index (χ1v) is 12.1. The molecule has 1 aromatic heterocycles. The maximum absolute atomic E-state index is 13.3. The highest BCUT2D eigenvalue weighted by Gasteiger charge is 2.22. The Morgan fingerprint density at radius 2 is 1.66 bits per heavy atom. The van der Waals surface area contributed by atoms with E-state index in [9.17, 15) is 13.2 Å². The van der Waals surface area contributed by atoms with Crippen LogP contribution in [0, 0.1) is 20.8 Å². The van der Waals surface area contributed by atoms with Gasteiger partial charge in [0.05, 0.1) is 10.6 Å². The molecule has 0 bridgehead atoms. The molecule has 1 N–H and O–H groups in total. The zero-order valence-electron chi connectivity index (χ0n) is 18.4. The summed E-state index contributed by atoms with van der Waals surface area (Å²) in [6, 6.07) is 20.6. The number of para-hydroxylation sites is 1. The van der Waals surface area contributed by atoms with Gasteiger partial charge in [-0.2, -0.15) is 0 Å². The molecule has 6 heteroatoms. The number of aromatic nitrogens is 1. The molecule has 4 aromatic rings. The average Bonchev–Trinajstić information content (AvgIpc) is 3.09. The molecule has 164 valence electrons. The van der Waals surface area contributed by atoms with Crippen LogP contribution in [0.25, 0.3) is 10.9 Å². The quantitative estimate of drug-likeness (QED) is 0.444. The highest BCUT2D eigenvalue weighted by Crippen LogP contribution is 2.28. The fourth-order valence-electron chi connectivity index (χ4n) is 3.99. The summed E-state index contributed by atoms with van der Waals surface area (Å²) in [5.74, 6) is -0.294. The summed E-state index contributed by atoms with van der Waals surface area (Å²) in [4.78, 5) is 13.0. The van der Waals surface area contributed by atoms with E-state index in [1.165, 1.54) is 0 Å². The Morgan fingerprint density at radius 1 is 0.906 bits per heavy atom. The Bertz CT molecular complexity index is 1420. The number of carbonyl (C=O) groups is 1. The zero-order valence-corrected chi connectivity index (χ0v) is 19.2. The second-order valence-electron chi connectivity index (χ2n) is 8.25. The minimum absolute atomic E-state index is 0.0216. The van der Waals surface area contributed by atoms with Crippen molar-refractivity contribution in [3.8, 4) is 0 Å². The van der Waals surface area contributed by atoms with E-state index >= 15 is 0 Å². The Morgan fingerprint density at radius 3 is 2.41 bits per heavy atom. The number of aryl methyl sites for hydroxylation is 3. The molecule has 5 nitrogen and oxygen atoms in total. The number of anilines is 1. The molecule has 0 fully saturated rings. The number of carbonyl (C=O) groups excluding carboxylic acids is 1. The number of rotatable bonds is 6. The van der Waals surface area contributed by atoms with Gasteiger partial charge in [-0.25, -0.2) is 8.42 Å². The number of sulfone groups is 1. The van der Waals surface area contributed by atoms with E-state index in [1.807, 2.05) is 81.4 Å². The van der Waals surface area contributed by atoms with Gasteiger partial charge in [-0.15, -0.1) is 0 Å². The lowest BCUT2D eigenvalue weighted by atomic mass is 10.1. The van der Waals surface area contributed by atoms with E-state index in [0.29, 0.717) is 10.9 Å². The second kappa shape index (κ2) is 8.63. The molecular formula is C26H26N2O3S. The number of benzene rings is 3. The molecule has 3 aromatic carbocycles. The van der Waals surface area contributed by atoms with Crippen LogP contribution in [0.15, 0.2) is 77.8 Å². The van der Waals surface area contributed by atoms with Crippen molar-refractivity contribution in [1.29, 1.82) is 0 Å². The summed E-state index contributed by atoms with van der Waals surface area (Å²) >= 11 is 0. The first kappa shape index (κ1) is 21.8. The lowest BCUT2D eigenvalue weighted by Gasteiger charge is -2.10. The third kappa shape index (κ3) is 4.60. The first-order valence-electron chi connectivity index (χ1n) is 10.5. The molecule has 1 heterocycles. The highest BCUT2D eigenvalue weighted by atomic mass is 32.2. The van der Waals surface area contributed by atoms with Crippen molar-refractivity contribution in [2.75, 3.05) is 5.32 Å². The van der Waals surface area contributed by atoms with Gasteiger partial charge < -0.3 is 9.88 Å². The van der Waals surface area contributed by atoms with E-state index < -0.39 is 9.84 Å². The standard InChI is InChI=1S/C26H26N2O3S/c1-18-7-6-8-21(14-18)17-32(30,31)25-15-28(24-10-5-4-9-22(24)25)16-26(29)27-23-12-11-19(2)13-20(23)3/h4-15H,16-17H2,1-3H3,(H,27,29). The van der Waals surface area contributed by atoms with Crippen LogP contribution in [0.3, 0.4) is 0 Å². The van der Waals surface area contributed by atoms with Gasteiger partial charge in [-0.05, 0) is 44.0 Å². The van der Waals surface area contributed by atoms with Crippen LogP contribution in [0.2, 0.25) is 0 Å². The van der Waals surface area contributed by atoms with Gasteiger partial charge in [0.25, 0.3) is 0 Å². The first-order chi connectivity index (χ1) is 15.2. The van der Waals surface area contributed by atoms with E-state index in [4.69, 9.17) is 0 Å². The van der Waals surface area contributed by atoms with Gasteiger partial charge in [-0.1, -0.05) is 65.7 Å². The molecule has 0 saturated heterocycles. The van der Waals surface area contributed by atoms with E-state index in [0.717, 1.165) is 27.9 Å². The fourth-order valence-corrected chi connectivity index (χ4v) is 5.56. The Balaban J connectivity index is 1.64. The van der Waals surface area contributed by atoms with Crippen LogP contribution in [0.4, 0.5) is 5.69 Å². The SMILES string of the molecule is Cc1cccc(CS(=O)(=O)c2cn(CC(=O)Nc3ccc(C)cc3C)c3ccccc23)c1. The van der Waals surface area contributed by atoms with Gasteiger partial charge in [0, 0.05) is 22.8 Å².